The predicted octanol–water partition coefficient (Wildman–Crippen LogP) is 4.03. The molecule has 2 rings (SSSR count). The van der Waals surface area contributed by atoms with E-state index in [1.165, 1.54) is 5.56 Å². The standard InChI is InChI=1S/C16H16/c1-3-9-15(10-4-1)13-7-8-14-16-11-5-2-6-12-16/h1-12H,13-14H2/b8-7-/i13D2. The summed E-state index contributed by atoms with van der Waals surface area (Å²) >= 11 is 0. The number of benzene rings is 2. The molecule has 2 aromatic carbocycles. The van der Waals surface area contributed by atoms with Gasteiger partial charge in [0.15, 0.2) is 0 Å². The molecule has 0 spiro atoms. The van der Waals surface area contributed by atoms with Gasteiger partial charge in [-0.2, -0.15) is 0 Å². The lowest BCUT2D eigenvalue weighted by Crippen LogP contribution is -1.81. The fourth-order valence-electron chi connectivity index (χ4n) is 1.50. The molecule has 0 amide bonds. The highest BCUT2D eigenvalue weighted by atomic mass is 13.9. The summed E-state index contributed by atoms with van der Waals surface area (Å²) in [5.41, 5.74) is 1.88. The van der Waals surface area contributed by atoms with E-state index in [1.54, 1.807) is 6.08 Å². The van der Waals surface area contributed by atoms with Crippen molar-refractivity contribution in [1.29, 1.82) is 0 Å². The zero-order chi connectivity index (χ0) is 12.8. The summed E-state index contributed by atoms with van der Waals surface area (Å²) in [6.45, 7) is 0. The van der Waals surface area contributed by atoms with Crippen LogP contribution in [0.2, 0.25) is 0 Å². The molecule has 0 bridgehead atoms. The highest BCUT2D eigenvalue weighted by Crippen LogP contribution is 2.03. The third-order valence-corrected chi connectivity index (χ3v) is 2.34. The average molecular weight is 210 g/mol. The molecule has 0 nitrogen and oxygen atoms in total. The third-order valence-electron chi connectivity index (χ3n) is 2.34. The lowest BCUT2D eigenvalue weighted by Gasteiger charge is -1.96. The molecule has 0 N–H and O–H groups in total. The van der Waals surface area contributed by atoms with Gasteiger partial charge in [0.25, 0.3) is 0 Å². The molecule has 0 unspecified atom stereocenters. The highest BCUT2D eigenvalue weighted by Gasteiger charge is 1.87. The topological polar surface area (TPSA) is 0 Å². The SMILES string of the molecule is [2H]C([2H])(/C=C\Cc1ccccc1)c1ccccc1. The van der Waals surface area contributed by atoms with Crippen LogP contribution in [0.3, 0.4) is 0 Å². The summed E-state index contributed by atoms with van der Waals surface area (Å²) in [6, 6.07) is 19.3. The van der Waals surface area contributed by atoms with Crippen LogP contribution in [0, 0.1) is 0 Å². The van der Waals surface area contributed by atoms with E-state index in [1.807, 2.05) is 66.7 Å². The maximum atomic E-state index is 8.01. The first kappa shape index (κ1) is 8.35. The Labute approximate surface area is 100 Å². The predicted molar refractivity (Wildman–Crippen MR) is 69.4 cm³/mol. The zero-order valence-corrected chi connectivity index (χ0v) is 9.14. The monoisotopic (exact) mass is 210 g/mol. The second kappa shape index (κ2) is 5.92. The van der Waals surface area contributed by atoms with Gasteiger partial charge in [0.05, 0.1) is 0 Å². The van der Waals surface area contributed by atoms with E-state index < -0.39 is 6.37 Å². The van der Waals surface area contributed by atoms with Gasteiger partial charge in [0, 0.05) is 2.74 Å². The first-order valence-electron chi connectivity index (χ1n) is 6.46. The molecule has 0 saturated carbocycles. The maximum absolute atomic E-state index is 8.01. The first-order valence-corrected chi connectivity index (χ1v) is 5.46. The van der Waals surface area contributed by atoms with E-state index in [9.17, 15) is 0 Å². The molecule has 0 atom stereocenters. The molecule has 0 heteroatoms. The van der Waals surface area contributed by atoms with Crippen molar-refractivity contribution in [1.82, 2.24) is 0 Å². The number of hydrogen-bond acceptors (Lipinski definition) is 0. The third kappa shape index (κ3) is 3.39. The molecule has 0 aliphatic rings. The molecule has 0 saturated heterocycles. The van der Waals surface area contributed by atoms with Crippen LogP contribution >= 0.6 is 0 Å². The number of rotatable bonds is 4. The van der Waals surface area contributed by atoms with Gasteiger partial charge in [-0.25, -0.2) is 0 Å². The smallest absolute Gasteiger partial charge is 0.0359 e. The lowest BCUT2D eigenvalue weighted by molar-refractivity contribution is 1.21. The van der Waals surface area contributed by atoms with E-state index >= 15 is 0 Å². The molecule has 16 heavy (non-hydrogen) atoms. The summed E-state index contributed by atoms with van der Waals surface area (Å²) in [6.07, 6.45) is 2.88. The quantitative estimate of drug-likeness (QED) is 0.668. The van der Waals surface area contributed by atoms with Gasteiger partial charge in [-0.1, -0.05) is 72.8 Å². The van der Waals surface area contributed by atoms with Crippen molar-refractivity contribution in [3.8, 4) is 0 Å². The van der Waals surface area contributed by atoms with Crippen molar-refractivity contribution in [2.45, 2.75) is 12.8 Å². The van der Waals surface area contributed by atoms with E-state index in [4.69, 9.17) is 2.74 Å². The molecule has 80 valence electrons. The molecule has 0 fully saturated rings. The van der Waals surface area contributed by atoms with E-state index in [-0.39, 0.29) is 0 Å². The Kier molecular flexibility index (Phi) is 3.09. The Bertz CT molecular complexity index is 501. The van der Waals surface area contributed by atoms with Crippen molar-refractivity contribution in [3.63, 3.8) is 0 Å². The molecule has 0 heterocycles. The van der Waals surface area contributed by atoms with E-state index in [0.29, 0.717) is 5.56 Å². The van der Waals surface area contributed by atoms with Gasteiger partial charge in [0.2, 0.25) is 0 Å². The fraction of sp³-hybridized carbons (Fsp3) is 0.125. The van der Waals surface area contributed by atoms with Crippen molar-refractivity contribution in [2.75, 3.05) is 0 Å². The van der Waals surface area contributed by atoms with Crippen LogP contribution in [0.4, 0.5) is 0 Å². The van der Waals surface area contributed by atoms with Gasteiger partial charge >= 0.3 is 0 Å². The Morgan fingerprint density at radius 3 is 1.94 bits per heavy atom. The van der Waals surface area contributed by atoms with Gasteiger partial charge in [-0.05, 0) is 23.9 Å². The van der Waals surface area contributed by atoms with Crippen LogP contribution in [0.5, 0.6) is 0 Å². The van der Waals surface area contributed by atoms with E-state index in [2.05, 4.69) is 0 Å². The van der Waals surface area contributed by atoms with Crippen LogP contribution in [0.15, 0.2) is 72.8 Å². The fourth-order valence-corrected chi connectivity index (χ4v) is 1.50. The molecule has 0 aliphatic carbocycles. The summed E-state index contributed by atoms with van der Waals surface area (Å²) in [5, 5.41) is 0. The zero-order valence-electron chi connectivity index (χ0n) is 11.1. The highest BCUT2D eigenvalue weighted by molar-refractivity contribution is 5.20. The average Bonchev–Trinajstić information content (AvgIpc) is 2.41. The molecule has 0 aromatic heterocycles. The Morgan fingerprint density at radius 2 is 1.31 bits per heavy atom. The minimum absolute atomic E-state index is 0.689. The van der Waals surface area contributed by atoms with Crippen LogP contribution in [0.1, 0.15) is 13.9 Å². The molecular weight excluding hydrogens is 192 g/mol. The van der Waals surface area contributed by atoms with Crippen molar-refractivity contribution in [3.05, 3.63) is 83.9 Å². The van der Waals surface area contributed by atoms with Crippen molar-refractivity contribution < 1.29 is 2.74 Å². The Hall–Kier alpha value is -1.82. The lowest BCUT2D eigenvalue weighted by atomic mass is 10.1. The van der Waals surface area contributed by atoms with Crippen molar-refractivity contribution >= 4 is 0 Å². The second-order valence-electron chi connectivity index (χ2n) is 3.60. The first-order chi connectivity index (χ1) is 8.68. The summed E-state index contributed by atoms with van der Waals surface area (Å²) in [4.78, 5) is 0. The van der Waals surface area contributed by atoms with Crippen LogP contribution in [-0.4, -0.2) is 0 Å². The molecule has 0 aliphatic heterocycles. The summed E-state index contributed by atoms with van der Waals surface area (Å²) < 4.78 is 16.0. The molecule has 0 radical (unpaired) electrons. The van der Waals surface area contributed by atoms with Crippen LogP contribution in [-0.2, 0) is 12.8 Å². The van der Waals surface area contributed by atoms with Crippen molar-refractivity contribution in [2.24, 2.45) is 0 Å². The molecule has 2 aromatic rings. The second-order valence-corrected chi connectivity index (χ2v) is 3.60. The molecular formula is C16H16. The maximum Gasteiger partial charge on any atom is 0.0359 e. The Balaban J connectivity index is 2.05. The normalized spacial score (nSPS) is 13.5. The van der Waals surface area contributed by atoms with Crippen LogP contribution < -0.4 is 0 Å². The Morgan fingerprint density at radius 1 is 0.750 bits per heavy atom. The number of hydrogen-bond donors (Lipinski definition) is 0. The summed E-state index contributed by atoms with van der Waals surface area (Å²) in [7, 11) is 0. The van der Waals surface area contributed by atoms with Gasteiger partial charge in [-0.3, -0.25) is 0 Å². The van der Waals surface area contributed by atoms with E-state index in [0.717, 1.165) is 6.42 Å². The van der Waals surface area contributed by atoms with Gasteiger partial charge in [0.1, 0.15) is 0 Å². The van der Waals surface area contributed by atoms with Crippen LogP contribution in [0.25, 0.3) is 0 Å². The minimum atomic E-state index is -1.41. The summed E-state index contributed by atoms with van der Waals surface area (Å²) in [5.74, 6) is 0. The number of allylic oxidation sites excluding steroid dienone is 2. The van der Waals surface area contributed by atoms with Gasteiger partial charge < -0.3 is 0 Å². The minimum Gasteiger partial charge on any atom is -0.0838 e. The van der Waals surface area contributed by atoms with Gasteiger partial charge in [-0.15, -0.1) is 0 Å². The largest absolute Gasteiger partial charge is 0.0838 e.